The predicted octanol–water partition coefficient (Wildman–Crippen LogP) is 5.31. The van der Waals surface area contributed by atoms with E-state index in [9.17, 15) is 4.79 Å². The van der Waals surface area contributed by atoms with Crippen molar-refractivity contribution in [2.24, 2.45) is 0 Å². The molecule has 1 unspecified atom stereocenters. The van der Waals surface area contributed by atoms with Gasteiger partial charge in [0.25, 0.3) is 5.91 Å². The lowest BCUT2D eigenvalue weighted by Crippen LogP contribution is -2.13. The van der Waals surface area contributed by atoms with Crippen molar-refractivity contribution in [3.63, 3.8) is 0 Å². The molecule has 136 valence electrons. The van der Waals surface area contributed by atoms with E-state index in [2.05, 4.69) is 34.5 Å². The van der Waals surface area contributed by atoms with Crippen LogP contribution in [0.5, 0.6) is 0 Å². The zero-order chi connectivity index (χ0) is 18.7. The highest BCUT2D eigenvalue weighted by molar-refractivity contribution is 7.15. The molecule has 0 fully saturated rings. The third-order valence-corrected chi connectivity index (χ3v) is 5.42. The predicted molar refractivity (Wildman–Crippen MR) is 103 cm³/mol. The molecule has 1 atom stereocenters. The summed E-state index contributed by atoms with van der Waals surface area (Å²) in [5.41, 5.74) is 1.40. The molecule has 3 aromatic rings. The topological polar surface area (TPSA) is 80.9 Å². The number of anilines is 1. The van der Waals surface area contributed by atoms with E-state index in [1.165, 1.54) is 11.3 Å². The largest absolute Gasteiger partial charge is 0.360 e. The molecule has 0 bridgehead atoms. The van der Waals surface area contributed by atoms with Crippen LogP contribution in [0, 0.1) is 6.92 Å². The van der Waals surface area contributed by atoms with Crippen LogP contribution in [0.2, 0.25) is 5.02 Å². The molecule has 8 heteroatoms. The van der Waals surface area contributed by atoms with E-state index in [1.807, 2.05) is 12.1 Å². The monoisotopic (exact) mass is 390 g/mol. The molecule has 0 aliphatic heterocycles. The Kier molecular flexibility index (Phi) is 5.68. The smallest absolute Gasteiger partial charge is 0.263 e. The molecule has 2 aromatic heterocycles. The van der Waals surface area contributed by atoms with Crippen molar-refractivity contribution in [2.75, 3.05) is 5.32 Å². The number of aryl methyl sites for hydroxylation is 1. The second kappa shape index (κ2) is 7.97. The van der Waals surface area contributed by atoms with E-state index in [0.717, 1.165) is 17.8 Å². The van der Waals surface area contributed by atoms with Crippen molar-refractivity contribution in [3.05, 3.63) is 45.6 Å². The minimum atomic E-state index is -0.343. The number of aromatic nitrogens is 3. The van der Waals surface area contributed by atoms with Gasteiger partial charge < -0.3 is 4.52 Å². The summed E-state index contributed by atoms with van der Waals surface area (Å²) < 4.78 is 5.24. The van der Waals surface area contributed by atoms with Gasteiger partial charge in [0.05, 0.1) is 5.02 Å². The maximum atomic E-state index is 12.8. The van der Waals surface area contributed by atoms with E-state index in [4.69, 9.17) is 16.1 Å². The fourth-order valence-corrected chi connectivity index (χ4v) is 3.73. The number of rotatable bonds is 6. The van der Waals surface area contributed by atoms with Crippen LogP contribution in [0.15, 0.2) is 28.8 Å². The van der Waals surface area contributed by atoms with Crippen LogP contribution in [0.4, 0.5) is 5.13 Å². The van der Waals surface area contributed by atoms with Gasteiger partial charge in [-0.25, -0.2) is 0 Å². The summed E-state index contributed by atoms with van der Waals surface area (Å²) in [5.74, 6) is 0.394. The van der Waals surface area contributed by atoms with Gasteiger partial charge in [0.2, 0.25) is 5.13 Å². The van der Waals surface area contributed by atoms with Crippen LogP contribution in [0.3, 0.4) is 0 Å². The molecular weight excluding hydrogens is 372 g/mol. The van der Waals surface area contributed by atoms with Crippen molar-refractivity contribution in [1.82, 2.24) is 15.4 Å². The van der Waals surface area contributed by atoms with Crippen molar-refractivity contribution in [3.8, 4) is 11.3 Å². The fraction of sp³-hybridized carbons (Fsp3) is 0.333. The Labute approximate surface area is 160 Å². The summed E-state index contributed by atoms with van der Waals surface area (Å²) in [6, 6.07) is 7.19. The van der Waals surface area contributed by atoms with Gasteiger partial charge in [-0.15, -0.1) is 10.2 Å². The molecule has 2 heterocycles. The molecule has 26 heavy (non-hydrogen) atoms. The van der Waals surface area contributed by atoms with Gasteiger partial charge in [-0.1, -0.05) is 66.6 Å². The lowest BCUT2D eigenvalue weighted by atomic mass is 10.1. The molecule has 0 saturated heterocycles. The molecule has 0 spiro atoms. The summed E-state index contributed by atoms with van der Waals surface area (Å²) in [4.78, 5) is 12.8. The molecule has 3 rings (SSSR count). The summed E-state index contributed by atoms with van der Waals surface area (Å²) in [6.45, 7) is 5.93. The Hall–Kier alpha value is -2.25. The average molecular weight is 391 g/mol. The first-order valence-corrected chi connectivity index (χ1v) is 9.56. The van der Waals surface area contributed by atoms with Crippen LogP contribution in [-0.4, -0.2) is 21.3 Å². The Balaban J connectivity index is 1.85. The third kappa shape index (κ3) is 3.78. The first kappa shape index (κ1) is 18.5. The van der Waals surface area contributed by atoms with Crippen molar-refractivity contribution < 1.29 is 9.32 Å². The normalized spacial score (nSPS) is 12.2. The van der Waals surface area contributed by atoms with Gasteiger partial charge in [-0.3, -0.25) is 10.1 Å². The number of carbonyl (C=O) groups excluding carboxylic acids is 1. The number of halogens is 1. The van der Waals surface area contributed by atoms with E-state index in [0.29, 0.717) is 38.7 Å². The maximum absolute atomic E-state index is 12.8. The number of benzene rings is 1. The molecule has 0 saturated carbocycles. The zero-order valence-electron chi connectivity index (χ0n) is 14.7. The number of amides is 1. The van der Waals surface area contributed by atoms with Gasteiger partial charge in [0, 0.05) is 11.5 Å². The first-order valence-electron chi connectivity index (χ1n) is 8.37. The Bertz CT molecular complexity index is 922. The van der Waals surface area contributed by atoms with E-state index in [-0.39, 0.29) is 5.91 Å². The molecule has 1 aromatic carbocycles. The van der Waals surface area contributed by atoms with Gasteiger partial charge in [-0.05, 0) is 19.4 Å². The van der Waals surface area contributed by atoms with Crippen LogP contribution in [0.25, 0.3) is 11.3 Å². The second-order valence-corrected chi connectivity index (χ2v) is 7.45. The Morgan fingerprint density at radius 3 is 2.85 bits per heavy atom. The number of nitrogens with zero attached hydrogens (tertiary/aromatic N) is 3. The van der Waals surface area contributed by atoms with Crippen molar-refractivity contribution >= 4 is 34.0 Å². The number of hydrogen-bond acceptors (Lipinski definition) is 6. The highest BCUT2D eigenvalue weighted by Gasteiger charge is 2.24. The molecular formula is C18H19ClN4O2S. The van der Waals surface area contributed by atoms with E-state index in [1.54, 1.807) is 19.1 Å². The van der Waals surface area contributed by atoms with Crippen LogP contribution >= 0.6 is 22.9 Å². The zero-order valence-corrected chi connectivity index (χ0v) is 16.3. The minimum Gasteiger partial charge on any atom is -0.360 e. The summed E-state index contributed by atoms with van der Waals surface area (Å²) >= 11 is 7.63. The summed E-state index contributed by atoms with van der Waals surface area (Å²) in [5, 5.41) is 16.9. The average Bonchev–Trinajstić information content (AvgIpc) is 3.22. The first-order chi connectivity index (χ1) is 12.5. The molecule has 0 aliphatic rings. The molecule has 0 aliphatic carbocycles. The second-order valence-electron chi connectivity index (χ2n) is 6.03. The number of carbonyl (C=O) groups is 1. The number of nitrogens with one attached hydrogen (secondary N) is 1. The summed E-state index contributed by atoms with van der Waals surface area (Å²) in [7, 11) is 0. The van der Waals surface area contributed by atoms with Gasteiger partial charge in [0.1, 0.15) is 22.0 Å². The van der Waals surface area contributed by atoms with Gasteiger partial charge in [-0.2, -0.15) is 0 Å². The minimum absolute atomic E-state index is 0.319. The highest BCUT2D eigenvalue weighted by Crippen LogP contribution is 2.32. The number of hydrogen-bond donors (Lipinski definition) is 1. The van der Waals surface area contributed by atoms with Crippen LogP contribution in [-0.2, 0) is 0 Å². The Morgan fingerprint density at radius 2 is 2.12 bits per heavy atom. The SMILES string of the molecule is CCCC(C)c1nnc(NC(=O)c2c(-c3ccccc3Cl)noc2C)s1. The lowest BCUT2D eigenvalue weighted by Gasteiger charge is -2.04. The van der Waals surface area contributed by atoms with Crippen molar-refractivity contribution in [2.45, 2.75) is 39.5 Å². The van der Waals surface area contributed by atoms with E-state index < -0.39 is 0 Å². The highest BCUT2D eigenvalue weighted by atomic mass is 35.5. The van der Waals surface area contributed by atoms with Crippen LogP contribution in [0.1, 0.15) is 53.7 Å². The molecule has 6 nitrogen and oxygen atoms in total. The van der Waals surface area contributed by atoms with E-state index >= 15 is 0 Å². The van der Waals surface area contributed by atoms with Gasteiger partial charge in [0.15, 0.2) is 0 Å². The lowest BCUT2D eigenvalue weighted by molar-refractivity contribution is 0.102. The summed E-state index contributed by atoms with van der Waals surface area (Å²) in [6.07, 6.45) is 2.10. The quantitative estimate of drug-likeness (QED) is 0.616. The molecule has 1 amide bonds. The fourth-order valence-electron chi connectivity index (χ4n) is 2.68. The van der Waals surface area contributed by atoms with Gasteiger partial charge >= 0.3 is 0 Å². The van der Waals surface area contributed by atoms with Crippen LogP contribution < -0.4 is 5.32 Å². The van der Waals surface area contributed by atoms with Crippen molar-refractivity contribution in [1.29, 1.82) is 0 Å². The third-order valence-electron chi connectivity index (χ3n) is 4.02. The maximum Gasteiger partial charge on any atom is 0.263 e. The Morgan fingerprint density at radius 1 is 1.35 bits per heavy atom. The standard InChI is InChI=1S/C18H19ClN4O2S/c1-4-7-10(2)17-21-22-18(26-17)20-16(24)14-11(3)25-23-15(14)12-8-5-6-9-13(12)19/h5-6,8-10H,4,7H2,1-3H3,(H,20,22,24). The molecule has 0 radical (unpaired) electrons. The molecule has 1 N–H and O–H groups in total.